The lowest BCUT2D eigenvalue weighted by Crippen LogP contribution is -2.50. The van der Waals surface area contributed by atoms with Gasteiger partial charge in [0.15, 0.2) is 0 Å². The molecule has 0 saturated carbocycles. The molecular weight excluding hydrogens is 212 g/mol. The molecular formula is C14H28N2O. The Balaban J connectivity index is 1.76. The van der Waals surface area contributed by atoms with E-state index in [9.17, 15) is 4.79 Å². The van der Waals surface area contributed by atoms with Gasteiger partial charge in [-0.3, -0.25) is 4.79 Å². The summed E-state index contributed by atoms with van der Waals surface area (Å²) in [6.07, 6.45) is 10.6. The molecule has 1 aliphatic heterocycles. The van der Waals surface area contributed by atoms with E-state index in [-0.39, 0.29) is 11.8 Å². The summed E-state index contributed by atoms with van der Waals surface area (Å²) < 4.78 is 0. The molecule has 1 heterocycles. The molecule has 1 rings (SSSR count). The summed E-state index contributed by atoms with van der Waals surface area (Å²) in [4.78, 5) is 11.5. The summed E-state index contributed by atoms with van der Waals surface area (Å²) in [5, 5.41) is 6.13. The van der Waals surface area contributed by atoms with Gasteiger partial charge < -0.3 is 10.6 Å². The van der Waals surface area contributed by atoms with Crippen molar-refractivity contribution >= 4 is 5.91 Å². The highest BCUT2D eigenvalue weighted by atomic mass is 16.2. The fraction of sp³-hybridized carbons (Fsp3) is 0.929. The number of nitrogens with one attached hydrogen (secondary N) is 2. The molecule has 3 nitrogen and oxygen atoms in total. The number of unbranched alkanes of at least 4 members (excludes halogenated alkanes) is 7. The SMILES string of the molecule is CCCCCCCCCCNC(=O)C1CNC1. The average molecular weight is 240 g/mol. The number of amides is 1. The highest BCUT2D eigenvalue weighted by Crippen LogP contribution is 2.08. The van der Waals surface area contributed by atoms with Gasteiger partial charge in [-0.15, -0.1) is 0 Å². The van der Waals surface area contributed by atoms with E-state index in [2.05, 4.69) is 17.6 Å². The molecule has 1 fully saturated rings. The molecule has 0 aliphatic carbocycles. The quantitative estimate of drug-likeness (QED) is 0.576. The first-order valence-corrected chi connectivity index (χ1v) is 7.33. The molecule has 1 amide bonds. The van der Waals surface area contributed by atoms with Crippen LogP contribution in [0.3, 0.4) is 0 Å². The smallest absolute Gasteiger partial charge is 0.225 e. The van der Waals surface area contributed by atoms with Gasteiger partial charge in [-0.25, -0.2) is 0 Å². The zero-order valence-corrected chi connectivity index (χ0v) is 11.3. The van der Waals surface area contributed by atoms with E-state index in [0.717, 1.165) is 26.1 Å². The minimum Gasteiger partial charge on any atom is -0.356 e. The number of carbonyl (C=O) groups excluding carboxylic acids is 1. The van der Waals surface area contributed by atoms with Gasteiger partial charge in [-0.1, -0.05) is 51.9 Å². The lowest BCUT2D eigenvalue weighted by Gasteiger charge is -2.25. The van der Waals surface area contributed by atoms with Crippen LogP contribution >= 0.6 is 0 Å². The third-order valence-corrected chi connectivity index (χ3v) is 3.48. The van der Waals surface area contributed by atoms with Crippen molar-refractivity contribution in [3.8, 4) is 0 Å². The van der Waals surface area contributed by atoms with Crippen LogP contribution in [-0.2, 0) is 4.79 Å². The molecule has 17 heavy (non-hydrogen) atoms. The predicted molar refractivity (Wildman–Crippen MR) is 72.0 cm³/mol. The summed E-state index contributed by atoms with van der Waals surface area (Å²) in [6.45, 7) is 4.84. The van der Waals surface area contributed by atoms with Crippen LogP contribution in [0.4, 0.5) is 0 Å². The van der Waals surface area contributed by atoms with Crippen LogP contribution in [0.25, 0.3) is 0 Å². The summed E-state index contributed by atoms with van der Waals surface area (Å²) in [6, 6.07) is 0. The van der Waals surface area contributed by atoms with Gasteiger partial charge in [0.2, 0.25) is 5.91 Å². The van der Waals surface area contributed by atoms with Gasteiger partial charge in [-0.05, 0) is 6.42 Å². The number of rotatable bonds is 10. The maximum Gasteiger partial charge on any atom is 0.225 e. The Hall–Kier alpha value is -0.570. The predicted octanol–water partition coefficient (Wildman–Crippen LogP) is 2.46. The topological polar surface area (TPSA) is 41.1 Å². The highest BCUT2D eigenvalue weighted by molar-refractivity contribution is 5.79. The van der Waals surface area contributed by atoms with E-state index in [1.165, 1.54) is 44.9 Å². The Kier molecular flexibility index (Phi) is 8.06. The highest BCUT2D eigenvalue weighted by Gasteiger charge is 2.23. The van der Waals surface area contributed by atoms with Crippen LogP contribution in [0.2, 0.25) is 0 Å². The first kappa shape index (κ1) is 14.5. The van der Waals surface area contributed by atoms with E-state index >= 15 is 0 Å². The molecule has 0 spiro atoms. The van der Waals surface area contributed by atoms with Crippen molar-refractivity contribution < 1.29 is 4.79 Å². The lowest BCUT2D eigenvalue weighted by molar-refractivity contribution is -0.126. The van der Waals surface area contributed by atoms with E-state index in [1.807, 2.05) is 0 Å². The summed E-state index contributed by atoms with van der Waals surface area (Å²) in [5.41, 5.74) is 0. The van der Waals surface area contributed by atoms with Crippen LogP contribution in [0.1, 0.15) is 58.3 Å². The van der Waals surface area contributed by atoms with Crippen molar-refractivity contribution in [2.45, 2.75) is 58.3 Å². The van der Waals surface area contributed by atoms with Crippen molar-refractivity contribution in [1.82, 2.24) is 10.6 Å². The van der Waals surface area contributed by atoms with Crippen molar-refractivity contribution in [2.24, 2.45) is 5.92 Å². The molecule has 0 aromatic rings. The van der Waals surface area contributed by atoms with E-state index in [4.69, 9.17) is 0 Å². The van der Waals surface area contributed by atoms with E-state index in [0.29, 0.717) is 0 Å². The number of hydrogen-bond donors (Lipinski definition) is 2. The van der Waals surface area contributed by atoms with Gasteiger partial charge in [0.25, 0.3) is 0 Å². The summed E-state index contributed by atoms with van der Waals surface area (Å²) in [7, 11) is 0. The van der Waals surface area contributed by atoms with Crippen LogP contribution in [0, 0.1) is 5.92 Å². The lowest BCUT2D eigenvalue weighted by atomic mass is 10.0. The van der Waals surface area contributed by atoms with Gasteiger partial charge in [0.05, 0.1) is 5.92 Å². The average Bonchev–Trinajstić information content (AvgIpc) is 2.24. The Morgan fingerprint density at radius 2 is 1.65 bits per heavy atom. The second kappa shape index (κ2) is 9.46. The normalized spacial score (nSPS) is 15.6. The molecule has 0 aromatic carbocycles. The van der Waals surface area contributed by atoms with Crippen LogP contribution < -0.4 is 10.6 Å². The summed E-state index contributed by atoms with van der Waals surface area (Å²) >= 11 is 0. The fourth-order valence-electron chi connectivity index (χ4n) is 2.09. The molecule has 2 N–H and O–H groups in total. The second-order valence-corrected chi connectivity index (χ2v) is 5.12. The number of carbonyl (C=O) groups is 1. The molecule has 0 bridgehead atoms. The van der Waals surface area contributed by atoms with Crippen molar-refractivity contribution in [2.75, 3.05) is 19.6 Å². The van der Waals surface area contributed by atoms with Crippen LogP contribution in [0.15, 0.2) is 0 Å². The van der Waals surface area contributed by atoms with E-state index < -0.39 is 0 Å². The van der Waals surface area contributed by atoms with Gasteiger partial charge >= 0.3 is 0 Å². The standard InChI is InChI=1S/C14H28N2O/c1-2-3-4-5-6-7-8-9-10-16-14(17)13-11-15-12-13/h13,15H,2-12H2,1H3,(H,16,17). The minimum atomic E-state index is 0.240. The monoisotopic (exact) mass is 240 g/mol. The maximum atomic E-state index is 11.5. The van der Waals surface area contributed by atoms with Crippen molar-refractivity contribution in [3.05, 3.63) is 0 Å². The third kappa shape index (κ3) is 6.67. The van der Waals surface area contributed by atoms with Crippen LogP contribution in [0.5, 0.6) is 0 Å². The summed E-state index contributed by atoms with van der Waals surface area (Å²) in [5.74, 6) is 0.482. The molecule has 100 valence electrons. The zero-order chi connectivity index (χ0) is 12.3. The van der Waals surface area contributed by atoms with Gasteiger partial charge in [0, 0.05) is 19.6 Å². The van der Waals surface area contributed by atoms with E-state index in [1.54, 1.807) is 0 Å². The van der Waals surface area contributed by atoms with Crippen LogP contribution in [-0.4, -0.2) is 25.5 Å². The molecule has 0 unspecified atom stereocenters. The molecule has 3 heteroatoms. The second-order valence-electron chi connectivity index (χ2n) is 5.12. The van der Waals surface area contributed by atoms with Gasteiger partial charge in [0.1, 0.15) is 0 Å². The van der Waals surface area contributed by atoms with Crippen molar-refractivity contribution in [3.63, 3.8) is 0 Å². The van der Waals surface area contributed by atoms with Gasteiger partial charge in [-0.2, -0.15) is 0 Å². The third-order valence-electron chi connectivity index (χ3n) is 3.48. The fourth-order valence-corrected chi connectivity index (χ4v) is 2.09. The maximum absolute atomic E-state index is 11.5. The Labute approximate surface area is 106 Å². The minimum absolute atomic E-state index is 0.240. The Morgan fingerprint density at radius 1 is 1.06 bits per heavy atom. The molecule has 1 saturated heterocycles. The molecule has 0 atom stereocenters. The largest absolute Gasteiger partial charge is 0.356 e. The Bertz CT molecular complexity index is 202. The first-order valence-electron chi connectivity index (χ1n) is 7.33. The molecule has 0 radical (unpaired) electrons. The molecule has 0 aromatic heterocycles. The van der Waals surface area contributed by atoms with Crippen molar-refractivity contribution in [1.29, 1.82) is 0 Å². The number of hydrogen-bond acceptors (Lipinski definition) is 2. The molecule has 1 aliphatic rings. The zero-order valence-electron chi connectivity index (χ0n) is 11.3. The Morgan fingerprint density at radius 3 is 2.18 bits per heavy atom. The first-order chi connectivity index (χ1) is 8.34.